The first-order chi connectivity index (χ1) is 13.3. The van der Waals surface area contributed by atoms with Gasteiger partial charge < -0.3 is 19.1 Å². The van der Waals surface area contributed by atoms with Gasteiger partial charge in [0.25, 0.3) is 0 Å². The SMILES string of the molecule is CCCCN(Cc1cccn1C)C(=O)CN(CCCOC)C(=O)C(C)(C)CCl. The Morgan fingerprint density at radius 3 is 2.43 bits per heavy atom. The van der Waals surface area contributed by atoms with Crippen LogP contribution in [-0.4, -0.2) is 65.4 Å². The van der Waals surface area contributed by atoms with E-state index >= 15 is 0 Å². The minimum atomic E-state index is -0.707. The second-order valence-electron chi connectivity index (χ2n) is 7.87. The average molecular weight is 414 g/mol. The predicted molar refractivity (Wildman–Crippen MR) is 113 cm³/mol. The van der Waals surface area contributed by atoms with Crippen molar-refractivity contribution in [1.29, 1.82) is 0 Å². The second kappa shape index (κ2) is 12.1. The number of ether oxygens (including phenoxy) is 1. The summed E-state index contributed by atoms with van der Waals surface area (Å²) in [6.45, 7) is 8.04. The molecule has 1 heterocycles. The molecule has 0 aliphatic carbocycles. The number of nitrogens with zero attached hydrogens (tertiary/aromatic N) is 3. The summed E-state index contributed by atoms with van der Waals surface area (Å²) in [7, 11) is 3.60. The Labute approximate surface area is 174 Å². The highest BCUT2D eigenvalue weighted by Gasteiger charge is 2.32. The molecule has 6 nitrogen and oxygen atoms in total. The van der Waals surface area contributed by atoms with Crippen LogP contribution >= 0.6 is 11.6 Å². The zero-order valence-electron chi connectivity index (χ0n) is 18.0. The maximum atomic E-state index is 13.1. The van der Waals surface area contributed by atoms with Crippen LogP contribution in [0, 0.1) is 5.41 Å². The molecule has 0 aliphatic heterocycles. The van der Waals surface area contributed by atoms with E-state index in [9.17, 15) is 9.59 Å². The minimum absolute atomic E-state index is 0.0363. The average Bonchev–Trinajstić information content (AvgIpc) is 3.08. The van der Waals surface area contributed by atoms with Gasteiger partial charge in [0.1, 0.15) is 0 Å². The largest absolute Gasteiger partial charge is 0.385 e. The lowest BCUT2D eigenvalue weighted by molar-refractivity contribution is -0.145. The van der Waals surface area contributed by atoms with Crippen LogP contribution in [0.15, 0.2) is 18.3 Å². The van der Waals surface area contributed by atoms with Crippen molar-refractivity contribution < 1.29 is 14.3 Å². The van der Waals surface area contributed by atoms with E-state index in [1.54, 1.807) is 12.0 Å². The van der Waals surface area contributed by atoms with Gasteiger partial charge in [-0.2, -0.15) is 0 Å². The minimum Gasteiger partial charge on any atom is -0.385 e. The molecular formula is C21H36ClN3O3. The standard InChI is InChI=1S/C21H36ClN3O3/c1-6-7-12-24(15-18-10-8-11-23(18)4)19(26)16-25(13-9-14-28-5)20(27)21(2,3)17-22/h8,10-11H,6-7,9,12-17H2,1-5H3. The van der Waals surface area contributed by atoms with E-state index in [0.717, 1.165) is 18.5 Å². The molecule has 0 unspecified atom stereocenters. The number of carbonyl (C=O) groups is 2. The van der Waals surface area contributed by atoms with Crippen molar-refractivity contribution in [2.24, 2.45) is 12.5 Å². The maximum absolute atomic E-state index is 13.1. The molecular weight excluding hydrogens is 378 g/mol. The fourth-order valence-corrected chi connectivity index (χ4v) is 3.01. The summed E-state index contributed by atoms with van der Waals surface area (Å²) >= 11 is 6.00. The topological polar surface area (TPSA) is 54.8 Å². The molecule has 1 rings (SSSR count). The maximum Gasteiger partial charge on any atom is 0.242 e. The van der Waals surface area contributed by atoms with Crippen LogP contribution < -0.4 is 0 Å². The van der Waals surface area contributed by atoms with E-state index in [2.05, 4.69) is 6.92 Å². The number of rotatable bonds is 13. The third-order valence-corrected chi connectivity index (χ3v) is 5.51. The lowest BCUT2D eigenvalue weighted by Gasteiger charge is -2.32. The molecule has 0 radical (unpaired) electrons. The van der Waals surface area contributed by atoms with Crippen molar-refractivity contribution in [3.63, 3.8) is 0 Å². The summed E-state index contributed by atoms with van der Waals surface area (Å²) < 4.78 is 7.13. The molecule has 0 atom stereocenters. The number of alkyl halides is 1. The third kappa shape index (κ3) is 7.47. The third-order valence-electron chi connectivity index (χ3n) is 4.84. The van der Waals surface area contributed by atoms with Crippen LogP contribution in [0.3, 0.4) is 0 Å². The first kappa shape index (κ1) is 24.5. The lowest BCUT2D eigenvalue weighted by atomic mass is 9.94. The molecule has 2 amide bonds. The predicted octanol–water partition coefficient (Wildman–Crippen LogP) is 3.28. The van der Waals surface area contributed by atoms with Gasteiger partial charge in [0.15, 0.2) is 0 Å². The molecule has 0 N–H and O–H groups in total. The van der Waals surface area contributed by atoms with Gasteiger partial charge in [0.05, 0.1) is 18.5 Å². The molecule has 0 fully saturated rings. The van der Waals surface area contributed by atoms with Crippen molar-refractivity contribution in [2.75, 3.05) is 39.2 Å². The molecule has 160 valence electrons. The highest BCUT2D eigenvalue weighted by Crippen LogP contribution is 2.21. The van der Waals surface area contributed by atoms with Crippen LogP contribution in [0.4, 0.5) is 0 Å². The molecule has 0 spiro atoms. The fraction of sp³-hybridized carbons (Fsp3) is 0.714. The normalized spacial score (nSPS) is 11.5. The van der Waals surface area contributed by atoms with Gasteiger partial charge in [-0.15, -0.1) is 11.6 Å². The Morgan fingerprint density at radius 1 is 1.21 bits per heavy atom. The first-order valence-corrected chi connectivity index (χ1v) is 10.5. The van der Waals surface area contributed by atoms with Crippen LogP contribution in [0.1, 0.15) is 45.7 Å². The number of carbonyl (C=O) groups excluding carboxylic acids is 2. The Morgan fingerprint density at radius 2 is 1.89 bits per heavy atom. The summed E-state index contributed by atoms with van der Waals surface area (Å²) in [6.07, 6.45) is 4.59. The van der Waals surface area contributed by atoms with Crippen molar-refractivity contribution in [3.05, 3.63) is 24.0 Å². The van der Waals surface area contributed by atoms with Gasteiger partial charge in [-0.3, -0.25) is 9.59 Å². The van der Waals surface area contributed by atoms with Crippen molar-refractivity contribution in [3.8, 4) is 0 Å². The van der Waals surface area contributed by atoms with Gasteiger partial charge in [-0.25, -0.2) is 0 Å². The van der Waals surface area contributed by atoms with Crippen LogP contribution in [0.25, 0.3) is 0 Å². The second-order valence-corrected chi connectivity index (χ2v) is 8.14. The monoisotopic (exact) mass is 413 g/mol. The van der Waals surface area contributed by atoms with E-state index < -0.39 is 5.41 Å². The number of amides is 2. The van der Waals surface area contributed by atoms with Crippen LogP contribution in [0.5, 0.6) is 0 Å². The van der Waals surface area contributed by atoms with Crippen molar-refractivity contribution in [2.45, 2.75) is 46.6 Å². The molecule has 0 aliphatic rings. The van der Waals surface area contributed by atoms with E-state index in [-0.39, 0.29) is 24.2 Å². The molecule has 1 aromatic rings. The van der Waals surface area contributed by atoms with Crippen LogP contribution in [-0.2, 0) is 27.9 Å². The van der Waals surface area contributed by atoms with Crippen molar-refractivity contribution >= 4 is 23.4 Å². The highest BCUT2D eigenvalue weighted by molar-refractivity contribution is 6.19. The zero-order valence-corrected chi connectivity index (χ0v) is 18.8. The lowest BCUT2D eigenvalue weighted by Crippen LogP contribution is -2.48. The summed E-state index contributed by atoms with van der Waals surface area (Å²) in [6, 6.07) is 3.99. The molecule has 7 heteroatoms. The van der Waals surface area contributed by atoms with Gasteiger partial charge in [0, 0.05) is 51.6 Å². The van der Waals surface area contributed by atoms with E-state index in [4.69, 9.17) is 16.3 Å². The molecule has 28 heavy (non-hydrogen) atoms. The number of aromatic nitrogens is 1. The number of methoxy groups -OCH3 is 1. The smallest absolute Gasteiger partial charge is 0.242 e. The number of hydrogen-bond acceptors (Lipinski definition) is 3. The first-order valence-electron chi connectivity index (χ1n) is 9.99. The Bertz CT molecular complexity index is 616. The van der Waals surface area contributed by atoms with Gasteiger partial charge in [-0.05, 0) is 38.8 Å². The van der Waals surface area contributed by atoms with Gasteiger partial charge in [0.2, 0.25) is 11.8 Å². The highest BCUT2D eigenvalue weighted by atomic mass is 35.5. The van der Waals surface area contributed by atoms with Gasteiger partial charge in [-0.1, -0.05) is 13.3 Å². The Kier molecular flexibility index (Phi) is 10.6. The Balaban J connectivity index is 2.92. The quantitative estimate of drug-likeness (QED) is 0.368. The van der Waals surface area contributed by atoms with Crippen molar-refractivity contribution in [1.82, 2.24) is 14.4 Å². The summed E-state index contributed by atoms with van der Waals surface area (Å²) in [5.41, 5.74) is 0.365. The van der Waals surface area contributed by atoms with Crippen LogP contribution in [0.2, 0.25) is 0 Å². The number of unbranched alkanes of at least 4 members (excludes halogenated alkanes) is 1. The summed E-state index contributed by atoms with van der Waals surface area (Å²) in [5, 5.41) is 0. The Hall–Kier alpha value is -1.53. The number of halogens is 1. The van der Waals surface area contributed by atoms with E-state index in [1.807, 2.05) is 48.7 Å². The molecule has 0 aromatic carbocycles. The summed E-state index contributed by atoms with van der Waals surface area (Å²) in [5.74, 6) is 0.0796. The molecule has 1 aromatic heterocycles. The zero-order chi connectivity index (χ0) is 21.2. The van der Waals surface area contributed by atoms with E-state index in [0.29, 0.717) is 32.7 Å². The number of hydrogen-bond donors (Lipinski definition) is 0. The molecule has 0 saturated carbocycles. The molecule has 0 bridgehead atoms. The van der Waals surface area contributed by atoms with Gasteiger partial charge >= 0.3 is 0 Å². The summed E-state index contributed by atoms with van der Waals surface area (Å²) in [4.78, 5) is 29.6. The fourth-order valence-electron chi connectivity index (χ4n) is 2.90. The number of aryl methyl sites for hydroxylation is 1. The van der Waals surface area contributed by atoms with E-state index in [1.165, 1.54) is 0 Å². The molecule has 0 saturated heterocycles.